The number of alkyl halides is 5. The Balaban J connectivity index is 3.55. The zero-order valence-electron chi connectivity index (χ0n) is 10.1. The number of ether oxygens (including phenoxy) is 1. The molecule has 0 fully saturated rings. The van der Waals surface area contributed by atoms with Gasteiger partial charge < -0.3 is 4.74 Å². The maximum atomic E-state index is 12.7. The molecular weight excluding hydrogens is 271 g/mol. The summed E-state index contributed by atoms with van der Waals surface area (Å²) in [4.78, 5) is 11.3. The number of rotatable bonds is 4. The molecule has 0 saturated carbocycles. The van der Waals surface area contributed by atoms with Gasteiger partial charge >= 0.3 is 6.18 Å². The molecule has 0 bridgehead atoms. The third kappa shape index (κ3) is 3.42. The average molecular weight is 282 g/mol. The molecule has 0 aromatic heterocycles. The molecule has 1 aromatic rings. The first-order chi connectivity index (χ1) is 8.68. The molecular formula is C12H11F5O2. The van der Waals surface area contributed by atoms with Crippen molar-refractivity contribution in [3.8, 4) is 5.75 Å². The van der Waals surface area contributed by atoms with Gasteiger partial charge in [0.1, 0.15) is 5.75 Å². The molecule has 0 N–H and O–H groups in total. The van der Waals surface area contributed by atoms with Gasteiger partial charge in [0, 0.05) is 5.56 Å². The summed E-state index contributed by atoms with van der Waals surface area (Å²) in [5, 5.41) is 0. The number of ketones is 1. The largest absolute Gasteiger partial charge is 0.493 e. The fourth-order valence-corrected chi connectivity index (χ4v) is 1.57. The van der Waals surface area contributed by atoms with Crippen molar-refractivity contribution in [1.82, 2.24) is 0 Å². The van der Waals surface area contributed by atoms with Crippen LogP contribution in [0.2, 0.25) is 0 Å². The van der Waals surface area contributed by atoms with E-state index in [1.54, 1.807) is 0 Å². The highest BCUT2D eigenvalue weighted by molar-refractivity contribution is 5.97. The zero-order chi connectivity index (χ0) is 14.8. The molecule has 0 radical (unpaired) electrons. The first kappa shape index (κ1) is 15.4. The second-order valence-corrected chi connectivity index (χ2v) is 3.72. The van der Waals surface area contributed by atoms with Crippen molar-refractivity contribution in [3.05, 3.63) is 28.8 Å². The normalized spacial score (nSPS) is 11.8. The SMILES string of the molecule is CCOc1cc(C(F)(F)F)c(C(F)F)cc1C(C)=O. The van der Waals surface area contributed by atoms with Crippen LogP contribution < -0.4 is 4.74 Å². The Morgan fingerprint density at radius 1 is 1.32 bits per heavy atom. The molecule has 0 aliphatic rings. The summed E-state index contributed by atoms with van der Waals surface area (Å²) < 4.78 is 68.3. The van der Waals surface area contributed by atoms with E-state index in [4.69, 9.17) is 4.74 Å². The van der Waals surface area contributed by atoms with Gasteiger partial charge in [0.15, 0.2) is 5.78 Å². The van der Waals surface area contributed by atoms with E-state index in [1.165, 1.54) is 6.92 Å². The van der Waals surface area contributed by atoms with Crippen molar-refractivity contribution in [2.24, 2.45) is 0 Å². The summed E-state index contributed by atoms with van der Waals surface area (Å²) in [5.41, 5.74) is -3.00. The predicted molar refractivity (Wildman–Crippen MR) is 57.6 cm³/mol. The number of halogens is 5. The van der Waals surface area contributed by atoms with E-state index in [0.717, 1.165) is 6.92 Å². The summed E-state index contributed by atoms with van der Waals surface area (Å²) in [5.74, 6) is -0.981. The van der Waals surface area contributed by atoms with Crippen LogP contribution >= 0.6 is 0 Å². The van der Waals surface area contributed by atoms with Crippen molar-refractivity contribution in [3.63, 3.8) is 0 Å². The monoisotopic (exact) mass is 282 g/mol. The third-order valence-corrected chi connectivity index (χ3v) is 2.37. The van der Waals surface area contributed by atoms with Crippen LogP contribution in [0.15, 0.2) is 12.1 Å². The van der Waals surface area contributed by atoms with Crippen LogP contribution in [0.4, 0.5) is 22.0 Å². The van der Waals surface area contributed by atoms with Gasteiger partial charge in [-0.3, -0.25) is 4.79 Å². The number of hydrogen-bond acceptors (Lipinski definition) is 2. The number of Topliss-reactive ketones (excluding diaryl/α,β-unsaturated/α-hetero) is 1. The van der Waals surface area contributed by atoms with Crippen LogP contribution in [0.5, 0.6) is 5.75 Å². The van der Waals surface area contributed by atoms with Gasteiger partial charge in [0.2, 0.25) is 0 Å². The first-order valence-corrected chi connectivity index (χ1v) is 5.35. The van der Waals surface area contributed by atoms with Gasteiger partial charge in [-0.2, -0.15) is 13.2 Å². The molecule has 1 aromatic carbocycles. The van der Waals surface area contributed by atoms with Gasteiger partial charge in [-0.1, -0.05) is 0 Å². The molecule has 7 heteroatoms. The molecule has 0 saturated heterocycles. The number of carbonyl (C=O) groups excluding carboxylic acids is 1. The fourth-order valence-electron chi connectivity index (χ4n) is 1.57. The van der Waals surface area contributed by atoms with E-state index < -0.39 is 29.5 Å². The lowest BCUT2D eigenvalue weighted by molar-refractivity contribution is -0.139. The summed E-state index contributed by atoms with van der Waals surface area (Å²) in [6.45, 7) is 2.60. The number of carbonyl (C=O) groups is 1. The highest BCUT2D eigenvalue weighted by atomic mass is 19.4. The smallest absolute Gasteiger partial charge is 0.417 e. The summed E-state index contributed by atoms with van der Waals surface area (Å²) >= 11 is 0. The quantitative estimate of drug-likeness (QED) is 0.609. The van der Waals surface area contributed by atoms with Crippen LogP contribution in [0.3, 0.4) is 0 Å². The minimum Gasteiger partial charge on any atom is -0.493 e. The van der Waals surface area contributed by atoms with E-state index in [1.807, 2.05) is 0 Å². The molecule has 0 spiro atoms. The summed E-state index contributed by atoms with van der Waals surface area (Å²) in [7, 11) is 0. The van der Waals surface area contributed by atoms with Gasteiger partial charge in [0.05, 0.1) is 17.7 Å². The van der Waals surface area contributed by atoms with Gasteiger partial charge in [0.25, 0.3) is 6.43 Å². The standard InChI is InChI=1S/C12H11F5O2/c1-3-19-10-5-9(12(15,16)17)8(11(13)14)4-7(10)6(2)18/h4-5,11H,3H2,1-2H3. The van der Waals surface area contributed by atoms with E-state index in [0.29, 0.717) is 12.1 Å². The Morgan fingerprint density at radius 3 is 2.26 bits per heavy atom. The maximum Gasteiger partial charge on any atom is 0.417 e. The molecule has 1 rings (SSSR count). The maximum absolute atomic E-state index is 12.7. The molecule has 19 heavy (non-hydrogen) atoms. The van der Waals surface area contributed by atoms with E-state index >= 15 is 0 Å². The third-order valence-electron chi connectivity index (χ3n) is 2.37. The Hall–Kier alpha value is -1.66. The molecule has 106 valence electrons. The van der Waals surface area contributed by atoms with Crippen LogP contribution in [0, 0.1) is 0 Å². The Bertz CT molecular complexity index is 480. The van der Waals surface area contributed by atoms with Gasteiger partial charge in [-0.05, 0) is 26.0 Å². The molecule has 0 unspecified atom stereocenters. The Labute approximate surface area is 106 Å². The van der Waals surface area contributed by atoms with Crippen LogP contribution in [0.1, 0.15) is 41.8 Å². The minimum atomic E-state index is -4.94. The summed E-state index contributed by atoms with van der Waals surface area (Å²) in [6.07, 6.45) is -8.27. The van der Waals surface area contributed by atoms with Crippen LogP contribution in [-0.2, 0) is 6.18 Å². The molecule has 0 amide bonds. The van der Waals surface area contributed by atoms with Crippen molar-refractivity contribution >= 4 is 5.78 Å². The highest BCUT2D eigenvalue weighted by Gasteiger charge is 2.37. The lowest BCUT2D eigenvalue weighted by Crippen LogP contribution is -2.12. The lowest BCUT2D eigenvalue weighted by Gasteiger charge is -2.16. The lowest BCUT2D eigenvalue weighted by atomic mass is 10.0. The molecule has 2 nitrogen and oxygen atoms in total. The first-order valence-electron chi connectivity index (χ1n) is 5.35. The summed E-state index contributed by atoms with van der Waals surface area (Å²) in [6, 6.07) is 0.989. The van der Waals surface area contributed by atoms with E-state index in [-0.39, 0.29) is 17.9 Å². The predicted octanol–water partition coefficient (Wildman–Crippen LogP) is 4.24. The van der Waals surface area contributed by atoms with E-state index in [9.17, 15) is 26.7 Å². The minimum absolute atomic E-state index is 0.0194. The number of benzene rings is 1. The Kier molecular flexibility index (Phi) is 4.49. The fraction of sp³-hybridized carbons (Fsp3) is 0.417. The van der Waals surface area contributed by atoms with Crippen molar-refractivity contribution in [2.45, 2.75) is 26.4 Å². The molecule has 0 aliphatic carbocycles. The van der Waals surface area contributed by atoms with E-state index in [2.05, 4.69) is 0 Å². The second kappa shape index (κ2) is 5.54. The zero-order valence-corrected chi connectivity index (χ0v) is 10.1. The van der Waals surface area contributed by atoms with Gasteiger partial charge in [-0.15, -0.1) is 0 Å². The highest BCUT2D eigenvalue weighted by Crippen LogP contribution is 2.40. The second-order valence-electron chi connectivity index (χ2n) is 3.72. The topological polar surface area (TPSA) is 26.3 Å². The van der Waals surface area contributed by atoms with Gasteiger partial charge in [-0.25, -0.2) is 8.78 Å². The average Bonchev–Trinajstić information content (AvgIpc) is 2.27. The van der Waals surface area contributed by atoms with Crippen molar-refractivity contribution in [1.29, 1.82) is 0 Å². The number of hydrogen-bond donors (Lipinski definition) is 0. The van der Waals surface area contributed by atoms with Crippen LogP contribution in [-0.4, -0.2) is 12.4 Å². The van der Waals surface area contributed by atoms with Crippen LogP contribution in [0.25, 0.3) is 0 Å². The Morgan fingerprint density at radius 2 is 1.89 bits per heavy atom. The molecule has 0 heterocycles. The molecule has 0 atom stereocenters. The molecule has 0 aliphatic heterocycles. The van der Waals surface area contributed by atoms with Crippen molar-refractivity contribution < 1.29 is 31.5 Å². The van der Waals surface area contributed by atoms with Crippen molar-refractivity contribution in [2.75, 3.05) is 6.61 Å².